The van der Waals surface area contributed by atoms with E-state index in [1.54, 1.807) is 7.11 Å². The Labute approximate surface area is 204 Å². The van der Waals surface area contributed by atoms with Gasteiger partial charge < -0.3 is 19.7 Å². The number of methoxy groups -OCH3 is 1. The Kier molecular flexibility index (Phi) is 13.9. The van der Waals surface area contributed by atoms with Crippen LogP contribution in [0.1, 0.15) is 31.9 Å². The van der Waals surface area contributed by atoms with Gasteiger partial charge in [-0.3, -0.25) is 9.89 Å². The molecule has 1 aliphatic heterocycles. The van der Waals surface area contributed by atoms with E-state index >= 15 is 0 Å². The van der Waals surface area contributed by atoms with E-state index in [0.717, 1.165) is 62.3 Å². The molecule has 8 heteroatoms. The maximum atomic E-state index is 6.53. The average Bonchev–Trinajstić information content (AvgIpc) is 3.20. The van der Waals surface area contributed by atoms with Crippen LogP contribution in [0.15, 0.2) is 29.3 Å². The minimum absolute atomic E-state index is 0. The van der Waals surface area contributed by atoms with Gasteiger partial charge in [-0.1, -0.05) is 43.6 Å². The zero-order valence-corrected chi connectivity index (χ0v) is 21.9. The summed E-state index contributed by atoms with van der Waals surface area (Å²) in [7, 11) is 3.55. The van der Waals surface area contributed by atoms with E-state index in [1.165, 1.54) is 0 Å². The fraction of sp³-hybridized carbons (Fsp3) is 0.682. The van der Waals surface area contributed by atoms with E-state index in [4.69, 9.17) is 21.1 Å². The highest BCUT2D eigenvalue weighted by molar-refractivity contribution is 14.0. The van der Waals surface area contributed by atoms with Crippen molar-refractivity contribution in [3.05, 3.63) is 34.9 Å². The number of nitrogens with one attached hydrogen (secondary N) is 1. The lowest BCUT2D eigenvalue weighted by molar-refractivity contribution is 0.0536. The number of hydrogen-bond donors (Lipinski definition) is 1. The number of nitrogens with zero attached hydrogens (tertiary/aromatic N) is 3. The number of hydrogen-bond acceptors (Lipinski definition) is 4. The van der Waals surface area contributed by atoms with Crippen molar-refractivity contribution in [2.75, 3.05) is 66.7 Å². The highest BCUT2D eigenvalue weighted by Gasteiger charge is 2.26. The summed E-state index contributed by atoms with van der Waals surface area (Å²) >= 11 is 6.53. The van der Waals surface area contributed by atoms with E-state index in [0.29, 0.717) is 19.1 Å². The summed E-state index contributed by atoms with van der Waals surface area (Å²) in [6.07, 6.45) is 1.12. The van der Waals surface area contributed by atoms with E-state index in [-0.39, 0.29) is 30.0 Å². The van der Waals surface area contributed by atoms with Crippen LogP contribution in [0.4, 0.5) is 0 Å². The molecule has 1 aromatic rings. The predicted octanol–water partition coefficient (Wildman–Crippen LogP) is 3.90. The molecule has 0 aliphatic carbocycles. The van der Waals surface area contributed by atoms with E-state index in [1.807, 2.05) is 19.2 Å². The number of aliphatic imine (C=N–C) groups is 1. The molecule has 1 aliphatic rings. The Morgan fingerprint density at radius 3 is 2.67 bits per heavy atom. The zero-order chi connectivity index (χ0) is 21.1. The van der Waals surface area contributed by atoms with Crippen molar-refractivity contribution < 1.29 is 9.47 Å². The summed E-state index contributed by atoms with van der Waals surface area (Å²) in [5.74, 6) is 1.49. The molecule has 0 saturated carbocycles. The van der Waals surface area contributed by atoms with Crippen LogP contribution >= 0.6 is 35.6 Å². The first-order valence-corrected chi connectivity index (χ1v) is 11.0. The molecule has 172 valence electrons. The summed E-state index contributed by atoms with van der Waals surface area (Å²) in [6.45, 7) is 11.1. The van der Waals surface area contributed by atoms with Crippen LogP contribution in [0, 0.1) is 5.92 Å². The molecular weight excluding hydrogens is 515 g/mol. The number of guanidine groups is 1. The Balaban J connectivity index is 0.00000450. The van der Waals surface area contributed by atoms with Crippen molar-refractivity contribution in [1.82, 2.24) is 15.1 Å². The third-order valence-corrected chi connectivity index (χ3v) is 5.90. The molecule has 0 radical (unpaired) electrons. The van der Waals surface area contributed by atoms with Crippen LogP contribution in [0.5, 0.6) is 0 Å². The summed E-state index contributed by atoms with van der Waals surface area (Å²) in [5, 5.41) is 4.41. The molecule has 0 spiro atoms. The highest BCUT2D eigenvalue weighted by atomic mass is 127. The predicted molar refractivity (Wildman–Crippen MR) is 136 cm³/mol. The lowest BCUT2D eigenvalue weighted by Crippen LogP contribution is -2.44. The average molecular weight is 553 g/mol. The summed E-state index contributed by atoms with van der Waals surface area (Å²) < 4.78 is 10.8. The van der Waals surface area contributed by atoms with Crippen LogP contribution in [0.3, 0.4) is 0 Å². The summed E-state index contributed by atoms with van der Waals surface area (Å²) in [4.78, 5) is 9.29. The number of benzene rings is 1. The van der Waals surface area contributed by atoms with Gasteiger partial charge in [0.2, 0.25) is 0 Å². The monoisotopic (exact) mass is 552 g/mol. The van der Waals surface area contributed by atoms with Gasteiger partial charge in [0.15, 0.2) is 5.96 Å². The molecule has 0 amide bonds. The van der Waals surface area contributed by atoms with Crippen molar-refractivity contribution in [2.45, 2.75) is 26.3 Å². The second-order valence-corrected chi connectivity index (χ2v) is 7.76. The van der Waals surface area contributed by atoms with E-state index in [2.05, 4.69) is 46.1 Å². The smallest absolute Gasteiger partial charge is 0.193 e. The van der Waals surface area contributed by atoms with Crippen molar-refractivity contribution in [1.29, 1.82) is 0 Å². The Hall–Kier alpha value is -0.610. The molecule has 1 fully saturated rings. The Morgan fingerprint density at radius 1 is 1.30 bits per heavy atom. The van der Waals surface area contributed by atoms with E-state index < -0.39 is 0 Å². The number of likely N-dealkylation sites (tertiary alicyclic amines) is 1. The molecule has 0 aromatic heterocycles. The van der Waals surface area contributed by atoms with Crippen molar-refractivity contribution in [2.24, 2.45) is 10.9 Å². The molecule has 1 N–H and O–H groups in total. The molecule has 2 atom stereocenters. The molecular formula is C22H38ClIN4O2. The number of halogens is 2. The quantitative estimate of drug-likeness (QED) is 0.195. The molecule has 2 unspecified atom stereocenters. The van der Waals surface area contributed by atoms with Gasteiger partial charge in [-0.25, -0.2) is 0 Å². The molecule has 2 rings (SSSR count). The SMILES string of the molecule is CCN(CC)C(CNC(=NC)N1CCC(COCCOC)C1)c1ccccc1Cl.I. The van der Waals surface area contributed by atoms with Gasteiger partial charge in [-0.2, -0.15) is 0 Å². The van der Waals surface area contributed by atoms with Crippen LogP contribution in [-0.2, 0) is 9.47 Å². The summed E-state index contributed by atoms with van der Waals surface area (Å²) in [5.41, 5.74) is 1.16. The first kappa shape index (κ1) is 27.4. The fourth-order valence-electron chi connectivity index (χ4n) is 3.92. The van der Waals surface area contributed by atoms with Gasteiger partial charge in [-0.05, 0) is 31.1 Å². The number of likely N-dealkylation sites (N-methyl/N-ethyl adjacent to an activating group) is 1. The molecule has 1 aromatic carbocycles. The Morgan fingerprint density at radius 2 is 2.03 bits per heavy atom. The van der Waals surface area contributed by atoms with Crippen molar-refractivity contribution >= 4 is 41.5 Å². The zero-order valence-electron chi connectivity index (χ0n) is 18.8. The van der Waals surface area contributed by atoms with Gasteiger partial charge in [0, 0.05) is 44.7 Å². The molecule has 1 saturated heterocycles. The van der Waals surface area contributed by atoms with Crippen LogP contribution in [0.25, 0.3) is 0 Å². The minimum atomic E-state index is 0. The maximum absolute atomic E-state index is 6.53. The van der Waals surface area contributed by atoms with Gasteiger partial charge in [0.1, 0.15) is 0 Å². The largest absolute Gasteiger partial charge is 0.382 e. The first-order chi connectivity index (χ1) is 14.1. The molecule has 1 heterocycles. The highest BCUT2D eigenvalue weighted by Crippen LogP contribution is 2.27. The van der Waals surface area contributed by atoms with Crippen molar-refractivity contribution in [3.8, 4) is 0 Å². The number of rotatable bonds is 11. The third kappa shape index (κ3) is 8.15. The minimum Gasteiger partial charge on any atom is -0.382 e. The molecule has 0 bridgehead atoms. The van der Waals surface area contributed by atoms with Crippen molar-refractivity contribution in [3.63, 3.8) is 0 Å². The second kappa shape index (κ2) is 15.2. The van der Waals surface area contributed by atoms with Crippen LogP contribution in [0.2, 0.25) is 5.02 Å². The summed E-state index contributed by atoms with van der Waals surface area (Å²) in [6, 6.07) is 8.33. The van der Waals surface area contributed by atoms with E-state index in [9.17, 15) is 0 Å². The first-order valence-electron chi connectivity index (χ1n) is 10.6. The lowest BCUT2D eigenvalue weighted by atomic mass is 10.0. The topological polar surface area (TPSA) is 49.3 Å². The number of ether oxygens (including phenoxy) is 2. The van der Waals surface area contributed by atoms with Gasteiger partial charge >= 0.3 is 0 Å². The molecule has 30 heavy (non-hydrogen) atoms. The molecule has 6 nitrogen and oxygen atoms in total. The van der Waals surface area contributed by atoms with Gasteiger partial charge in [0.05, 0.1) is 25.9 Å². The van der Waals surface area contributed by atoms with Crippen LogP contribution < -0.4 is 5.32 Å². The third-order valence-electron chi connectivity index (χ3n) is 5.55. The van der Waals surface area contributed by atoms with Gasteiger partial charge in [0.25, 0.3) is 0 Å². The normalized spacial score (nSPS) is 17.9. The van der Waals surface area contributed by atoms with Gasteiger partial charge in [-0.15, -0.1) is 24.0 Å². The standard InChI is InChI=1S/C22H37ClN4O2.HI/c1-5-26(6-2)21(19-9-7-8-10-20(19)23)15-25-22(24-3)27-12-11-18(16-27)17-29-14-13-28-4;/h7-10,18,21H,5-6,11-17H2,1-4H3,(H,24,25);1H. The fourth-order valence-corrected chi connectivity index (χ4v) is 4.18. The lowest BCUT2D eigenvalue weighted by Gasteiger charge is -2.32. The Bertz CT molecular complexity index is 631. The maximum Gasteiger partial charge on any atom is 0.193 e. The second-order valence-electron chi connectivity index (χ2n) is 7.36. The van der Waals surface area contributed by atoms with Crippen LogP contribution in [-0.4, -0.2) is 82.5 Å².